The number of aryl methyl sites for hydroxylation is 1. The van der Waals surface area contributed by atoms with Crippen molar-refractivity contribution in [3.05, 3.63) is 35.3 Å². The van der Waals surface area contributed by atoms with E-state index in [0.717, 1.165) is 22.2 Å². The van der Waals surface area contributed by atoms with Crippen LogP contribution in [-0.4, -0.2) is 25.7 Å². The fourth-order valence-corrected chi connectivity index (χ4v) is 3.44. The highest BCUT2D eigenvalue weighted by atomic mass is 32.2. The molecule has 1 heterocycles. The maximum Gasteiger partial charge on any atom is 0.211 e. The van der Waals surface area contributed by atoms with Gasteiger partial charge in [-0.3, -0.25) is 0 Å². The van der Waals surface area contributed by atoms with Gasteiger partial charge in [-0.25, -0.2) is 17.5 Å². The molecule has 0 aliphatic carbocycles. The van der Waals surface area contributed by atoms with Crippen molar-refractivity contribution in [2.45, 2.75) is 26.7 Å². The number of rotatable bonds is 6. The van der Waals surface area contributed by atoms with Crippen molar-refractivity contribution in [2.24, 2.45) is 0 Å². The largest absolute Gasteiger partial charge is 0.358 e. The van der Waals surface area contributed by atoms with E-state index in [0.29, 0.717) is 19.4 Å². The Hall–Kier alpha value is -1.40. The summed E-state index contributed by atoms with van der Waals surface area (Å²) in [4.78, 5) is 3.18. The minimum Gasteiger partial charge on any atom is -0.358 e. The smallest absolute Gasteiger partial charge is 0.211 e. The molecule has 0 radical (unpaired) electrons. The Labute approximate surface area is 118 Å². The molecule has 0 atom stereocenters. The van der Waals surface area contributed by atoms with Gasteiger partial charge in [0.25, 0.3) is 0 Å². The molecule has 4 nitrogen and oxygen atoms in total. The van der Waals surface area contributed by atoms with E-state index < -0.39 is 10.0 Å². The second-order valence-electron chi connectivity index (χ2n) is 4.88. The molecule has 0 aliphatic heterocycles. The summed E-state index contributed by atoms with van der Waals surface area (Å²) in [6.45, 7) is 4.06. The minimum atomic E-state index is -3.19. The summed E-state index contributed by atoms with van der Waals surface area (Å²) >= 11 is 0. The third kappa shape index (κ3) is 3.37. The number of halogens is 1. The Balaban J connectivity index is 2.14. The fraction of sp³-hybridized carbons (Fsp3) is 0.429. The van der Waals surface area contributed by atoms with E-state index in [1.54, 1.807) is 6.07 Å². The average Bonchev–Trinajstić information content (AvgIpc) is 2.65. The fourth-order valence-electron chi connectivity index (χ4n) is 2.35. The molecule has 0 amide bonds. The number of benzene rings is 1. The van der Waals surface area contributed by atoms with Gasteiger partial charge in [-0.1, -0.05) is 6.92 Å². The molecule has 0 bridgehead atoms. The second kappa shape index (κ2) is 5.93. The number of hydrogen-bond acceptors (Lipinski definition) is 2. The Morgan fingerprint density at radius 2 is 2.10 bits per heavy atom. The molecule has 2 N–H and O–H groups in total. The minimum absolute atomic E-state index is 0.133. The molecule has 0 unspecified atom stereocenters. The number of nitrogens with one attached hydrogen (secondary N) is 2. The lowest BCUT2D eigenvalue weighted by Crippen LogP contribution is -2.28. The van der Waals surface area contributed by atoms with Crippen molar-refractivity contribution in [3.63, 3.8) is 0 Å². The van der Waals surface area contributed by atoms with Crippen LogP contribution in [0.5, 0.6) is 0 Å². The molecule has 1 aromatic carbocycles. The number of aromatic amines is 1. The van der Waals surface area contributed by atoms with Crippen LogP contribution in [0.3, 0.4) is 0 Å². The van der Waals surface area contributed by atoms with Gasteiger partial charge < -0.3 is 4.98 Å². The molecular formula is C14H19FN2O2S. The Kier molecular flexibility index (Phi) is 4.45. The molecule has 0 saturated carbocycles. The van der Waals surface area contributed by atoms with Crippen molar-refractivity contribution >= 4 is 20.9 Å². The molecule has 20 heavy (non-hydrogen) atoms. The molecule has 0 spiro atoms. The van der Waals surface area contributed by atoms with Crippen LogP contribution in [0.1, 0.15) is 24.6 Å². The van der Waals surface area contributed by atoms with E-state index in [9.17, 15) is 12.8 Å². The molecule has 1 aromatic heterocycles. The normalized spacial score (nSPS) is 12.2. The van der Waals surface area contributed by atoms with Crippen LogP contribution in [0.2, 0.25) is 0 Å². The summed E-state index contributed by atoms with van der Waals surface area (Å²) in [5.74, 6) is -0.154. The SMILES string of the molecule is CCCS(=O)(=O)NCCc1c(C)[nH]c2ccc(F)cc12. The van der Waals surface area contributed by atoms with Crippen LogP contribution in [0.4, 0.5) is 4.39 Å². The van der Waals surface area contributed by atoms with E-state index in [4.69, 9.17) is 0 Å². The lowest BCUT2D eigenvalue weighted by Gasteiger charge is -2.06. The predicted molar refractivity (Wildman–Crippen MR) is 78.8 cm³/mol. The molecular weight excluding hydrogens is 279 g/mol. The molecule has 110 valence electrons. The summed E-state index contributed by atoms with van der Waals surface area (Å²) < 4.78 is 39.0. The third-order valence-corrected chi connectivity index (χ3v) is 4.84. The number of hydrogen-bond donors (Lipinski definition) is 2. The Morgan fingerprint density at radius 1 is 1.35 bits per heavy atom. The molecule has 6 heteroatoms. The van der Waals surface area contributed by atoms with E-state index in [-0.39, 0.29) is 11.6 Å². The Bertz CT molecular complexity index is 707. The van der Waals surface area contributed by atoms with Crippen LogP contribution in [0.15, 0.2) is 18.2 Å². The number of sulfonamides is 1. The first kappa shape index (κ1) is 15.0. The standard InChI is InChI=1S/C14H19FN2O2S/c1-3-8-20(18,19)16-7-6-12-10(2)17-14-5-4-11(15)9-13(12)14/h4-5,9,16-17H,3,6-8H2,1-2H3. The Morgan fingerprint density at radius 3 is 2.80 bits per heavy atom. The summed E-state index contributed by atoms with van der Waals surface area (Å²) in [7, 11) is -3.19. The van der Waals surface area contributed by atoms with Crippen molar-refractivity contribution in [2.75, 3.05) is 12.3 Å². The first-order valence-corrected chi connectivity index (χ1v) is 8.32. The van der Waals surface area contributed by atoms with Crippen molar-refractivity contribution < 1.29 is 12.8 Å². The van der Waals surface area contributed by atoms with Gasteiger partial charge in [0.1, 0.15) is 5.82 Å². The molecule has 0 aliphatic rings. The number of H-pyrrole nitrogens is 1. The molecule has 0 saturated heterocycles. The van der Waals surface area contributed by atoms with Crippen molar-refractivity contribution in [3.8, 4) is 0 Å². The summed E-state index contributed by atoms with van der Waals surface area (Å²) in [6.07, 6.45) is 1.13. The predicted octanol–water partition coefficient (Wildman–Crippen LogP) is 2.49. The van der Waals surface area contributed by atoms with Gasteiger partial charge in [0.15, 0.2) is 0 Å². The van der Waals surface area contributed by atoms with Crippen LogP contribution >= 0.6 is 0 Å². The van der Waals surface area contributed by atoms with E-state index >= 15 is 0 Å². The number of fused-ring (bicyclic) bond motifs is 1. The highest BCUT2D eigenvalue weighted by molar-refractivity contribution is 7.89. The van der Waals surface area contributed by atoms with Gasteiger partial charge >= 0.3 is 0 Å². The maximum atomic E-state index is 13.3. The maximum absolute atomic E-state index is 13.3. The lowest BCUT2D eigenvalue weighted by molar-refractivity contribution is 0.580. The van der Waals surface area contributed by atoms with Gasteiger partial charge in [0.2, 0.25) is 10.0 Å². The van der Waals surface area contributed by atoms with Gasteiger partial charge in [-0.05, 0) is 43.5 Å². The topological polar surface area (TPSA) is 62.0 Å². The molecule has 2 aromatic rings. The summed E-state index contributed by atoms with van der Waals surface area (Å²) in [5.41, 5.74) is 2.77. The van der Waals surface area contributed by atoms with Gasteiger partial charge in [-0.2, -0.15) is 0 Å². The van der Waals surface area contributed by atoms with Gasteiger partial charge in [0, 0.05) is 23.1 Å². The van der Waals surface area contributed by atoms with Crippen LogP contribution < -0.4 is 4.72 Å². The highest BCUT2D eigenvalue weighted by Gasteiger charge is 2.11. The molecule has 2 rings (SSSR count). The van der Waals surface area contributed by atoms with E-state index in [1.165, 1.54) is 12.1 Å². The second-order valence-corrected chi connectivity index (χ2v) is 6.81. The lowest BCUT2D eigenvalue weighted by atomic mass is 10.1. The van der Waals surface area contributed by atoms with Crippen molar-refractivity contribution in [1.29, 1.82) is 0 Å². The van der Waals surface area contributed by atoms with Crippen molar-refractivity contribution in [1.82, 2.24) is 9.71 Å². The highest BCUT2D eigenvalue weighted by Crippen LogP contribution is 2.23. The molecule has 0 fully saturated rings. The monoisotopic (exact) mass is 298 g/mol. The zero-order chi connectivity index (χ0) is 14.8. The van der Waals surface area contributed by atoms with Gasteiger partial charge in [-0.15, -0.1) is 0 Å². The van der Waals surface area contributed by atoms with E-state index in [2.05, 4.69) is 9.71 Å². The number of aromatic nitrogens is 1. The van der Waals surface area contributed by atoms with Crippen LogP contribution in [-0.2, 0) is 16.4 Å². The summed E-state index contributed by atoms with van der Waals surface area (Å²) in [5, 5.41) is 0.817. The first-order valence-electron chi connectivity index (χ1n) is 6.67. The van der Waals surface area contributed by atoms with Gasteiger partial charge in [0.05, 0.1) is 5.75 Å². The summed E-state index contributed by atoms with van der Waals surface area (Å²) in [6, 6.07) is 4.59. The first-order chi connectivity index (χ1) is 9.43. The van der Waals surface area contributed by atoms with Crippen LogP contribution in [0.25, 0.3) is 10.9 Å². The zero-order valence-corrected chi connectivity index (χ0v) is 12.5. The van der Waals surface area contributed by atoms with Crippen LogP contribution in [0, 0.1) is 12.7 Å². The zero-order valence-electron chi connectivity index (χ0n) is 11.7. The van der Waals surface area contributed by atoms with E-state index in [1.807, 2.05) is 13.8 Å². The quantitative estimate of drug-likeness (QED) is 0.860. The average molecular weight is 298 g/mol. The third-order valence-electron chi connectivity index (χ3n) is 3.25.